The molecule has 1 N–H and O–H groups in total. The molecule has 1 fully saturated rings. The predicted octanol–water partition coefficient (Wildman–Crippen LogP) is 3.22. The van der Waals surface area contributed by atoms with Crippen LogP contribution in [0.1, 0.15) is 54.1 Å². The van der Waals surface area contributed by atoms with Crippen LogP contribution in [0.4, 0.5) is 0 Å². The molecule has 1 amide bonds. The molecule has 2 heterocycles. The highest BCUT2D eigenvalue weighted by atomic mass is 16.4. The Bertz CT molecular complexity index is 819. The minimum Gasteiger partial charge on any atom is -0.478 e. The van der Waals surface area contributed by atoms with Gasteiger partial charge in [-0.3, -0.25) is 4.79 Å². The molecule has 25 heavy (non-hydrogen) atoms. The van der Waals surface area contributed by atoms with Crippen molar-refractivity contribution in [3.8, 4) is 11.3 Å². The van der Waals surface area contributed by atoms with Crippen molar-refractivity contribution < 1.29 is 14.7 Å². The monoisotopic (exact) mass is 339 g/mol. The number of aromatic nitrogens is 2. The molecular weight excluding hydrogens is 318 g/mol. The number of carbonyl (C=O) groups is 2. The van der Waals surface area contributed by atoms with Crippen LogP contribution >= 0.6 is 0 Å². The Morgan fingerprint density at radius 3 is 2.68 bits per heavy atom. The normalized spacial score (nSPS) is 17.4. The second-order valence-electron chi connectivity index (χ2n) is 6.30. The van der Waals surface area contributed by atoms with Crippen molar-refractivity contribution in [1.82, 2.24) is 14.9 Å². The zero-order chi connectivity index (χ0) is 18.0. The quantitative estimate of drug-likeness (QED) is 0.928. The van der Waals surface area contributed by atoms with Gasteiger partial charge >= 0.3 is 5.97 Å². The third-order valence-electron chi connectivity index (χ3n) is 4.54. The SMILES string of the molecule is CC(=O)N1CCCC[C@H]1c1cc(-c2ccccc2C(=O)O)nc(C)n1. The number of piperidine rings is 1. The van der Waals surface area contributed by atoms with E-state index in [0.717, 1.165) is 31.5 Å². The molecule has 0 spiro atoms. The van der Waals surface area contributed by atoms with Gasteiger partial charge in [0.05, 0.1) is 23.0 Å². The number of carboxylic acids is 1. The summed E-state index contributed by atoms with van der Waals surface area (Å²) in [5, 5.41) is 9.43. The summed E-state index contributed by atoms with van der Waals surface area (Å²) in [5.74, 6) is -0.383. The van der Waals surface area contributed by atoms with Crippen molar-refractivity contribution in [1.29, 1.82) is 0 Å². The lowest BCUT2D eigenvalue weighted by Gasteiger charge is -2.34. The van der Waals surface area contributed by atoms with Crippen LogP contribution in [0.5, 0.6) is 0 Å². The van der Waals surface area contributed by atoms with Crippen LogP contribution in [0.25, 0.3) is 11.3 Å². The summed E-state index contributed by atoms with van der Waals surface area (Å²) in [6.45, 7) is 4.09. The molecule has 0 unspecified atom stereocenters. The van der Waals surface area contributed by atoms with Crippen LogP contribution in [0.2, 0.25) is 0 Å². The zero-order valence-electron chi connectivity index (χ0n) is 14.4. The summed E-state index contributed by atoms with van der Waals surface area (Å²) in [6.07, 6.45) is 2.89. The highest BCUT2D eigenvalue weighted by Gasteiger charge is 2.28. The fraction of sp³-hybridized carbons (Fsp3) is 0.368. The lowest BCUT2D eigenvalue weighted by molar-refractivity contribution is -0.132. The van der Waals surface area contributed by atoms with Crippen LogP contribution in [0, 0.1) is 6.92 Å². The fourth-order valence-corrected chi connectivity index (χ4v) is 3.41. The Morgan fingerprint density at radius 1 is 1.20 bits per heavy atom. The highest BCUT2D eigenvalue weighted by Crippen LogP contribution is 2.32. The minimum atomic E-state index is -0.989. The molecule has 0 radical (unpaired) electrons. The Hall–Kier alpha value is -2.76. The van der Waals surface area contributed by atoms with Gasteiger partial charge in [-0.1, -0.05) is 18.2 Å². The number of hydrogen-bond acceptors (Lipinski definition) is 4. The van der Waals surface area contributed by atoms with E-state index in [4.69, 9.17) is 0 Å². The first-order valence-electron chi connectivity index (χ1n) is 8.43. The van der Waals surface area contributed by atoms with Crippen LogP contribution in [0.15, 0.2) is 30.3 Å². The number of carbonyl (C=O) groups excluding carboxylic acids is 1. The molecule has 1 aliphatic heterocycles. The van der Waals surface area contributed by atoms with Crippen molar-refractivity contribution in [3.63, 3.8) is 0 Å². The van der Waals surface area contributed by atoms with E-state index in [1.54, 1.807) is 38.1 Å². The molecule has 1 aliphatic rings. The molecule has 1 saturated heterocycles. The van der Waals surface area contributed by atoms with Crippen LogP contribution in [-0.2, 0) is 4.79 Å². The number of nitrogens with zero attached hydrogens (tertiary/aromatic N) is 3. The van der Waals surface area contributed by atoms with Gasteiger partial charge in [-0.05, 0) is 38.3 Å². The number of aromatic carboxylic acids is 1. The molecule has 6 nitrogen and oxygen atoms in total. The van der Waals surface area contributed by atoms with E-state index in [2.05, 4.69) is 9.97 Å². The van der Waals surface area contributed by atoms with Crippen LogP contribution in [-0.4, -0.2) is 38.4 Å². The first kappa shape index (κ1) is 17.1. The first-order valence-corrected chi connectivity index (χ1v) is 8.43. The Labute approximate surface area is 146 Å². The van der Waals surface area contributed by atoms with E-state index < -0.39 is 5.97 Å². The summed E-state index contributed by atoms with van der Waals surface area (Å²) < 4.78 is 0. The van der Waals surface area contributed by atoms with E-state index in [1.165, 1.54) is 0 Å². The fourth-order valence-electron chi connectivity index (χ4n) is 3.41. The standard InChI is InChI=1S/C19H21N3O3/c1-12-20-16(14-7-3-4-8-15(14)19(24)25)11-17(21-12)18-9-5-6-10-22(18)13(2)23/h3-4,7-8,11,18H,5-6,9-10H2,1-2H3,(H,24,25)/t18-/m0/s1. The number of benzene rings is 1. The number of aryl methyl sites for hydroxylation is 1. The lowest BCUT2D eigenvalue weighted by atomic mass is 9.97. The van der Waals surface area contributed by atoms with Crippen molar-refractivity contribution >= 4 is 11.9 Å². The maximum atomic E-state index is 12.0. The topological polar surface area (TPSA) is 83.4 Å². The third-order valence-corrected chi connectivity index (χ3v) is 4.54. The van der Waals surface area contributed by atoms with E-state index in [9.17, 15) is 14.7 Å². The number of rotatable bonds is 3. The summed E-state index contributed by atoms with van der Waals surface area (Å²) in [4.78, 5) is 34.3. The molecule has 1 aromatic carbocycles. The van der Waals surface area contributed by atoms with Crippen LogP contribution in [0.3, 0.4) is 0 Å². The number of carboxylic acid groups (broad SMARTS) is 1. The van der Waals surface area contributed by atoms with Gasteiger partial charge in [-0.25, -0.2) is 14.8 Å². The van der Waals surface area contributed by atoms with Gasteiger partial charge in [0.1, 0.15) is 5.82 Å². The molecule has 0 aliphatic carbocycles. The maximum Gasteiger partial charge on any atom is 0.336 e. The Morgan fingerprint density at radius 2 is 1.96 bits per heavy atom. The number of hydrogen-bond donors (Lipinski definition) is 1. The van der Waals surface area contributed by atoms with Crippen molar-refractivity contribution in [2.45, 2.75) is 39.2 Å². The summed E-state index contributed by atoms with van der Waals surface area (Å²) in [6, 6.07) is 8.54. The Kier molecular flexibility index (Phi) is 4.79. The van der Waals surface area contributed by atoms with Crippen molar-refractivity contribution in [2.75, 3.05) is 6.54 Å². The maximum absolute atomic E-state index is 12.0. The molecule has 130 valence electrons. The molecule has 1 atom stereocenters. The second kappa shape index (κ2) is 7.01. The predicted molar refractivity (Wildman–Crippen MR) is 93.1 cm³/mol. The van der Waals surface area contributed by atoms with E-state index in [0.29, 0.717) is 17.1 Å². The minimum absolute atomic E-state index is 0.0356. The first-order chi connectivity index (χ1) is 12.0. The van der Waals surface area contributed by atoms with Gasteiger partial charge in [0, 0.05) is 19.0 Å². The molecule has 2 aromatic rings. The van der Waals surface area contributed by atoms with Gasteiger partial charge in [0.2, 0.25) is 5.91 Å². The van der Waals surface area contributed by atoms with E-state index in [-0.39, 0.29) is 17.5 Å². The average molecular weight is 339 g/mol. The molecule has 0 saturated carbocycles. The van der Waals surface area contributed by atoms with Gasteiger partial charge < -0.3 is 10.0 Å². The van der Waals surface area contributed by atoms with Crippen molar-refractivity contribution in [2.24, 2.45) is 0 Å². The molecule has 6 heteroatoms. The summed E-state index contributed by atoms with van der Waals surface area (Å²) >= 11 is 0. The van der Waals surface area contributed by atoms with Gasteiger partial charge in [0.25, 0.3) is 0 Å². The zero-order valence-corrected chi connectivity index (χ0v) is 14.4. The molecule has 3 rings (SSSR count). The smallest absolute Gasteiger partial charge is 0.336 e. The average Bonchev–Trinajstić information content (AvgIpc) is 2.61. The summed E-state index contributed by atoms with van der Waals surface area (Å²) in [7, 11) is 0. The molecule has 0 bridgehead atoms. The highest BCUT2D eigenvalue weighted by molar-refractivity contribution is 5.95. The van der Waals surface area contributed by atoms with Crippen molar-refractivity contribution in [3.05, 3.63) is 47.4 Å². The lowest BCUT2D eigenvalue weighted by Crippen LogP contribution is -2.37. The molecule has 1 aromatic heterocycles. The third kappa shape index (κ3) is 3.52. The van der Waals surface area contributed by atoms with Gasteiger partial charge in [-0.2, -0.15) is 0 Å². The van der Waals surface area contributed by atoms with Gasteiger partial charge in [0.15, 0.2) is 0 Å². The summed E-state index contributed by atoms with van der Waals surface area (Å²) in [5.41, 5.74) is 2.12. The van der Waals surface area contributed by atoms with E-state index >= 15 is 0 Å². The Balaban J connectivity index is 2.07. The van der Waals surface area contributed by atoms with E-state index in [1.807, 2.05) is 11.0 Å². The van der Waals surface area contributed by atoms with Gasteiger partial charge in [-0.15, -0.1) is 0 Å². The number of likely N-dealkylation sites (tertiary alicyclic amines) is 1. The molecular formula is C19H21N3O3. The largest absolute Gasteiger partial charge is 0.478 e. The number of amides is 1. The van der Waals surface area contributed by atoms with Crippen LogP contribution < -0.4 is 0 Å². The second-order valence-corrected chi connectivity index (χ2v) is 6.30.